The molecule has 1 nitrogen and oxygen atoms in total. The van der Waals surface area contributed by atoms with Crippen molar-refractivity contribution in [1.82, 2.24) is 0 Å². The number of hydrogen-bond donors (Lipinski definition) is 0. The Bertz CT molecular complexity index is 539. The van der Waals surface area contributed by atoms with Gasteiger partial charge in [-0.05, 0) is 48.7 Å². The minimum atomic E-state index is 0.785. The normalized spacial score (nSPS) is 10.6. The van der Waals surface area contributed by atoms with Crippen molar-refractivity contribution in [3.8, 4) is 0 Å². The van der Waals surface area contributed by atoms with E-state index in [9.17, 15) is 4.79 Å². The quantitative estimate of drug-likeness (QED) is 0.640. The van der Waals surface area contributed by atoms with E-state index in [1.807, 2.05) is 13.0 Å². The number of aryl methyl sites for hydroxylation is 3. The average molecular weight is 198 g/mol. The van der Waals surface area contributed by atoms with Crippen LogP contribution in [0.15, 0.2) is 24.3 Å². The molecule has 0 spiro atoms. The zero-order valence-corrected chi connectivity index (χ0v) is 9.29. The van der Waals surface area contributed by atoms with Crippen LogP contribution in [0, 0.1) is 20.8 Å². The lowest BCUT2D eigenvalue weighted by Crippen LogP contribution is -1.89. The Morgan fingerprint density at radius 3 is 2.33 bits per heavy atom. The van der Waals surface area contributed by atoms with E-state index in [1.54, 1.807) is 0 Å². The fourth-order valence-electron chi connectivity index (χ4n) is 2.04. The smallest absolute Gasteiger partial charge is 0.150 e. The molecule has 0 aliphatic rings. The fraction of sp³-hybridized carbons (Fsp3) is 0.214. The molecular weight excluding hydrogens is 184 g/mol. The van der Waals surface area contributed by atoms with E-state index in [-0.39, 0.29) is 0 Å². The molecule has 0 aliphatic heterocycles. The van der Waals surface area contributed by atoms with Gasteiger partial charge in [0, 0.05) is 5.56 Å². The Labute approximate surface area is 89.7 Å². The molecule has 0 bridgehead atoms. The van der Waals surface area contributed by atoms with Gasteiger partial charge in [-0.2, -0.15) is 0 Å². The van der Waals surface area contributed by atoms with Gasteiger partial charge in [0.25, 0.3) is 0 Å². The molecule has 0 saturated carbocycles. The second-order valence-corrected chi connectivity index (χ2v) is 4.13. The molecule has 0 aliphatic carbocycles. The van der Waals surface area contributed by atoms with Gasteiger partial charge in [-0.15, -0.1) is 0 Å². The Hall–Kier alpha value is -1.63. The Morgan fingerprint density at radius 2 is 1.67 bits per heavy atom. The van der Waals surface area contributed by atoms with Crippen LogP contribution in [-0.2, 0) is 0 Å². The standard InChI is InChI=1S/C14H14O/c1-9-4-11(3)14-6-10(2)13(8-15)7-12(14)5-9/h4-8H,1-3H3. The number of fused-ring (bicyclic) bond motifs is 1. The van der Waals surface area contributed by atoms with Crippen LogP contribution in [-0.4, -0.2) is 6.29 Å². The first-order chi connectivity index (χ1) is 7.11. The lowest BCUT2D eigenvalue weighted by Gasteiger charge is -2.07. The molecule has 0 heterocycles. The number of rotatable bonds is 1. The zero-order valence-electron chi connectivity index (χ0n) is 9.29. The van der Waals surface area contributed by atoms with E-state index in [0.29, 0.717) is 0 Å². The van der Waals surface area contributed by atoms with Gasteiger partial charge in [0.15, 0.2) is 0 Å². The lowest BCUT2D eigenvalue weighted by atomic mass is 9.97. The van der Waals surface area contributed by atoms with Gasteiger partial charge >= 0.3 is 0 Å². The first kappa shape index (κ1) is 9.91. The average Bonchev–Trinajstić information content (AvgIpc) is 2.18. The molecule has 0 amide bonds. The third-order valence-electron chi connectivity index (χ3n) is 2.82. The van der Waals surface area contributed by atoms with Crippen molar-refractivity contribution in [2.75, 3.05) is 0 Å². The van der Waals surface area contributed by atoms with Gasteiger partial charge in [0.05, 0.1) is 0 Å². The molecule has 2 aromatic rings. The number of carbonyl (C=O) groups excluding carboxylic acids is 1. The highest BCUT2D eigenvalue weighted by Gasteiger charge is 2.03. The third kappa shape index (κ3) is 1.65. The van der Waals surface area contributed by atoms with E-state index in [0.717, 1.165) is 22.8 Å². The Balaban J connectivity index is 2.87. The summed E-state index contributed by atoms with van der Waals surface area (Å²) in [5, 5.41) is 2.39. The highest BCUT2D eigenvalue weighted by Crippen LogP contribution is 2.23. The minimum absolute atomic E-state index is 0.785. The molecule has 0 N–H and O–H groups in total. The maximum Gasteiger partial charge on any atom is 0.150 e. The summed E-state index contributed by atoms with van der Waals surface area (Å²) >= 11 is 0. The van der Waals surface area contributed by atoms with Crippen molar-refractivity contribution in [2.24, 2.45) is 0 Å². The molecule has 0 atom stereocenters. The highest BCUT2D eigenvalue weighted by molar-refractivity contribution is 5.92. The van der Waals surface area contributed by atoms with Crippen LogP contribution >= 0.6 is 0 Å². The maximum absolute atomic E-state index is 10.8. The van der Waals surface area contributed by atoms with Crippen LogP contribution in [0.5, 0.6) is 0 Å². The summed E-state index contributed by atoms with van der Waals surface area (Å²) in [6, 6.07) is 8.35. The van der Waals surface area contributed by atoms with Crippen LogP contribution in [0.1, 0.15) is 27.0 Å². The predicted molar refractivity (Wildman–Crippen MR) is 63.5 cm³/mol. The topological polar surface area (TPSA) is 17.1 Å². The maximum atomic E-state index is 10.8. The molecule has 2 aromatic carbocycles. The van der Waals surface area contributed by atoms with Crippen LogP contribution in [0.3, 0.4) is 0 Å². The van der Waals surface area contributed by atoms with Gasteiger partial charge in [0.1, 0.15) is 6.29 Å². The summed E-state index contributed by atoms with van der Waals surface area (Å²) in [7, 11) is 0. The number of benzene rings is 2. The molecule has 0 radical (unpaired) electrons. The Morgan fingerprint density at radius 1 is 0.933 bits per heavy atom. The van der Waals surface area contributed by atoms with Gasteiger partial charge in [0.2, 0.25) is 0 Å². The molecule has 0 saturated heterocycles. The second kappa shape index (κ2) is 3.50. The summed E-state index contributed by atoms with van der Waals surface area (Å²) in [6.07, 6.45) is 0.923. The van der Waals surface area contributed by atoms with Crippen LogP contribution in [0.2, 0.25) is 0 Å². The first-order valence-corrected chi connectivity index (χ1v) is 5.08. The summed E-state index contributed by atoms with van der Waals surface area (Å²) < 4.78 is 0. The predicted octanol–water partition coefficient (Wildman–Crippen LogP) is 3.58. The van der Waals surface area contributed by atoms with E-state index < -0.39 is 0 Å². The minimum Gasteiger partial charge on any atom is -0.298 e. The summed E-state index contributed by atoms with van der Waals surface area (Å²) in [5.41, 5.74) is 4.34. The van der Waals surface area contributed by atoms with Gasteiger partial charge < -0.3 is 0 Å². The van der Waals surface area contributed by atoms with E-state index in [1.165, 1.54) is 16.5 Å². The van der Waals surface area contributed by atoms with Crippen LogP contribution in [0.4, 0.5) is 0 Å². The Kier molecular flexibility index (Phi) is 2.31. The van der Waals surface area contributed by atoms with Gasteiger partial charge in [-0.1, -0.05) is 23.8 Å². The van der Waals surface area contributed by atoms with Crippen molar-refractivity contribution in [3.63, 3.8) is 0 Å². The van der Waals surface area contributed by atoms with Gasteiger partial charge in [-0.25, -0.2) is 0 Å². The molecule has 0 aromatic heterocycles. The van der Waals surface area contributed by atoms with Crippen molar-refractivity contribution >= 4 is 17.1 Å². The molecule has 15 heavy (non-hydrogen) atoms. The van der Waals surface area contributed by atoms with E-state index in [4.69, 9.17) is 0 Å². The van der Waals surface area contributed by atoms with Crippen LogP contribution in [0.25, 0.3) is 10.8 Å². The SMILES string of the molecule is Cc1cc(C)c2cc(C)c(C=O)cc2c1. The molecule has 2 rings (SSSR count). The van der Waals surface area contributed by atoms with E-state index in [2.05, 4.69) is 32.0 Å². The summed E-state index contributed by atoms with van der Waals surface area (Å²) in [4.78, 5) is 10.8. The second-order valence-electron chi connectivity index (χ2n) is 4.13. The van der Waals surface area contributed by atoms with Crippen molar-refractivity contribution in [3.05, 3.63) is 46.5 Å². The molecule has 0 unspecified atom stereocenters. The number of aldehydes is 1. The third-order valence-corrected chi connectivity index (χ3v) is 2.82. The summed E-state index contributed by atoms with van der Waals surface area (Å²) in [5.74, 6) is 0. The van der Waals surface area contributed by atoms with Crippen LogP contribution < -0.4 is 0 Å². The first-order valence-electron chi connectivity index (χ1n) is 5.08. The number of hydrogen-bond acceptors (Lipinski definition) is 1. The van der Waals surface area contributed by atoms with E-state index >= 15 is 0 Å². The monoisotopic (exact) mass is 198 g/mol. The fourth-order valence-corrected chi connectivity index (χ4v) is 2.04. The highest BCUT2D eigenvalue weighted by atomic mass is 16.1. The largest absolute Gasteiger partial charge is 0.298 e. The molecule has 1 heteroatoms. The van der Waals surface area contributed by atoms with Crippen molar-refractivity contribution in [2.45, 2.75) is 20.8 Å². The molecular formula is C14H14O. The molecule has 0 fully saturated rings. The van der Waals surface area contributed by atoms with Crippen molar-refractivity contribution in [1.29, 1.82) is 0 Å². The zero-order chi connectivity index (χ0) is 11.0. The van der Waals surface area contributed by atoms with Crippen molar-refractivity contribution < 1.29 is 4.79 Å². The number of carbonyl (C=O) groups is 1. The van der Waals surface area contributed by atoms with Gasteiger partial charge in [-0.3, -0.25) is 4.79 Å². The lowest BCUT2D eigenvalue weighted by molar-refractivity contribution is 0.112. The summed E-state index contributed by atoms with van der Waals surface area (Å²) in [6.45, 7) is 6.16. The molecule has 76 valence electrons.